The van der Waals surface area contributed by atoms with Crippen LogP contribution in [0.4, 0.5) is 0 Å². The molecule has 1 aliphatic heterocycles. The number of phenols is 2. The summed E-state index contributed by atoms with van der Waals surface area (Å²) in [4.78, 5) is 12.0. The van der Waals surface area contributed by atoms with E-state index in [1.54, 1.807) is 0 Å². The predicted molar refractivity (Wildman–Crippen MR) is 62.7 cm³/mol. The largest absolute Gasteiger partial charge is 0.508 e. The summed E-state index contributed by atoms with van der Waals surface area (Å²) in [5.74, 6) is -0.169. The number of rotatable bonds is 2. The van der Waals surface area contributed by atoms with E-state index in [-0.39, 0.29) is 35.0 Å². The molecule has 0 saturated heterocycles. The number of phenolic OH excluding ortho intramolecular Hbond substituents is 2. The van der Waals surface area contributed by atoms with Crippen molar-refractivity contribution in [2.75, 3.05) is 0 Å². The molecule has 4 heteroatoms. The predicted octanol–water partition coefficient (Wildman–Crippen LogP) is 2.62. The molecule has 0 amide bonds. The lowest BCUT2D eigenvalue weighted by Gasteiger charge is -2.36. The summed E-state index contributed by atoms with van der Waals surface area (Å²) in [7, 11) is 0. The highest BCUT2D eigenvalue weighted by Crippen LogP contribution is 2.42. The van der Waals surface area contributed by atoms with Gasteiger partial charge in [-0.05, 0) is 12.8 Å². The van der Waals surface area contributed by atoms with Crippen molar-refractivity contribution < 1.29 is 19.7 Å². The zero-order valence-electron chi connectivity index (χ0n) is 9.99. The Morgan fingerprint density at radius 3 is 2.53 bits per heavy atom. The number of aromatic hydroxyl groups is 2. The highest BCUT2D eigenvalue weighted by atomic mass is 16.5. The number of hydrogen-bond donors (Lipinski definition) is 2. The molecule has 0 aromatic heterocycles. The van der Waals surface area contributed by atoms with Gasteiger partial charge in [0.2, 0.25) is 0 Å². The molecule has 2 N–H and O–H groups in total. The zero-order chi connectivity index (χ0) is 12.6. The molecule has 4 nitrogen and oxygen atoms in total. The van der Waals surface area contributed by atoms with E-state index in [1.165, 1.54) is 6.07 Å². The molecule has 0 saturated carbocycles. The summed E-state index contributed by atoms with van der Waals surface area (Å²) in [6.45, 7) is 3.93. The summed E-state index contributed by atoms with van der Waals surface area (Å²) < 4.78 is 5.81. The lowest BCUT2D eigenvalue weighted by Crippen LogP contribution is -2.40. The smallest absolute Gasteiger partial charge is 0.174 e. The fourth-order valence-corrected chi connectivity index (χ4v) is 2.24. The minimum absolute atomic E-state index is 0.0999. The summed E-state index contributed by atoms with van der Waals surface area (Å²) in [6, 6.07) is 2.54. The van der Waals surface area contributed by atoms with Gasteiger partial charge in [-0.2, -0.15) is 0 Å². The van der Waals surface area contributed by atoms with Crippen LogP contribution in [-0.4, -0.2) is 21.6 Å². The Bertz CT molecular complexity index is 461. The number of Topliss-reactive ketones (excluding diaryl/α,β-unsaturated/α-hetero) is 1. The van der Waals surface area contributed by atoms with Crippen LogP contribution in [-0.2, 0) is 0 Å². The van der Waals surface area contributed by atoms with Crippen molar-refractivity contribution >= 4 is 5.78 Å². The molecular formula is C13H16O4. The SMILES string of the molecule is CCC1(CC)CC(=O)c2c(O)cc(O)cc2O1. The van der Waals surface area contributed by atoms with Crippen LogP contribution in [0.25, 0.3) is 0 Å². The van der Waals surface area contributed by atoms with Crippen LogP contribution >= 0.6 is 0 Å². The molecule has 0 aliphatic carbocycles. The molecule has 0 unspecified atom stereocenters. The molecule has 1 aromatic rings. The van der Waals surface area contributed by atoms with Gasteiger partial charge in [-0.3, -0.25) is 4.79 Å². The first kappa shape index (κ1) is 11.8. The highest BCUT2D eigenvalue weighted by Gasteiger charge is 2.39. The van der Waals surface area contributed by atoms with Crippen LogP contribution in [0.1, 0.15) is 43.5 Å². The minimum Gasteiger partial charge on any atom is -0.508 e. The number of fused-ring (bicyclic) bond motifs is 1. The molecule has 1 aliphatic rings. The maximum Gasteiger partial charge on any atom is 0.174 e. The number of ketones is 1. The summed E-state index contributed by atoms with van der Waals surface area (Å²) in [6.07, 6.45) is 1.70. The van der Waals surface area contributed by atoms with Gasteiger partial charge in [0.25, 0.3) is 0 Å². The number of benzene rings is 1. The minimum atomic E-state index is -0.510. The second-order valence-corrected chi connectivity index (χ2v) is 4.43. The van der Waals surface area contributed by atoms with E-state index in [4.69, 9.17) is 4.74 Å². The molecule has 0 fully saturated rings. The average molecular weight is 236 g/mol. The van der Waals surface area contributed by atoms with Crippen molar-refractivity contribution in [1.82, 2.24) is 0 Å². The van der Waals surface area contributed by atoms with Crippen LogP contribution in [0, 0.1) is 0 Å². The normalized spacial score (nSPS) is 17.4. The van der Waals surface area contributed by atoms with Crippen LogP contribution in [0.5, 0.6) is 17.2 Å². The van der Waals surface area contributed by atoms with Crippen LogP contribution in [0.3, 0.4) is 0 Å². The van der Waals surface area contributed by atoms with Gasteiger partial charge in [-0.1, -0.05) is 13.8 Å². The van der Waals surface area contributed by atoms with Crippen molar-refractivity contribution in [1.29, 1.82) is 0 Å². The maximum absolute atomic E-state index is 12.0. The maximum atomic E-state index is 12.0. The third-order valence-corrected chi connectivity index (χ3v) is 3.44. The molecule has 92 valence electrons. The molecule has 0 atom stereocenters. The topological polar surface area (TPSA) is 66.8 Å². The Balaban J connectivity index is 2.53. The van der Waals surface area contributed by atoms with Gasteiger partial charge in [0.1, 0.15) is 28.4 Å². The van der Waals surface area contributed by atoms with Crippen LogP contribution < -0.4 is 4.74 Å². The van der Waals surface area contributed by atoms with Crippen molar-refractivity contribution in [3.63, 3.8) is 0 Å². The number of ether oxygens (including phenoxy) is 1. The Kier molecular flexibility index (Phi) is 2.73. The van der Waals surface area contributed by atoms with E-state index in [0.29, 0.717) is 12.8 Å². The summed E-state index contributed by atoms with van der Waals surface area (Å²) in [5.41, 5.74) is -0.329. The van der Waals surface area contributed by atoms with Crippen molar-refractivity contribution in [2.45, 2.75) is 38.7 Å². The standard InChI is InChI=1S/C13H16O4/c1-3-13(4-2)7-10(16)12-9(15)5-8(14)6-11(12)17-13/h5-6,14-15H,3-4,7H2,1-2H3. The van der Waals surface area contributed by atoms with Gasteiger partial charge in [0.05, 0.1) is 6.42 Å². The third kappa shape index (κ3) is 1.84. The summed E-state index contributed by atoms with van der Waals surface area (Å²) in [5, 5.41) is 19.1. The Hall–Kier alpha value is -1.71. The van der Waals surface area contributed by atoms with Crippen LogP contribution in [0.15, 0.2) is 12.1 Å². The van der Waals surface area contributed by atoms with E-state index >= 15 is 0 Å². The molecule has 0 spiro atoms. The number of hydrogen-bond acceptors (Lipinski definition) is 4. The van der Waals surface area contributed by atoms with Crippen LogP contribution in [0.2, 0.25) is 0 Å². The van der Waals surface area contributed by atoms with E-state index in [9.17, 15) is 15.0 Å². The molecule has 0 radical (unpaired) electrons. The average Bonchev–Trinajstić information content (AvgIpc) is 2.27. The Labute approximate surface area is 99.8 Å². The molecule has 1 aromatic carbocycles. The number of carbonyl (C=O) groups is 1. The van der Waals surface area contributed by atoms with E-state index in [1.807, 2.05) is 13.8 Å². The van der Waals surface area contributed by atoms with E-state index in [2.05, 4.69) is 0 Å². The second kappa shape index (κ2) is 3.95. The second-order valence-electron chi connectivity index (χ2n) is 4.43. The molecule has 2 rings (SSSR count). The van der Waals surface area contributed by atoms with Crippen molar-refractivity contribution in [3.8, 4) is 17.2 Å². The number of carbonyl (C=O) groups excluding carboxylic acids is 1. The molecule has 17 heavy (non-hydrogen) atoms. The first-order valence-electron chi connectivity index (χ1n) is 5.79. The van der Waals surface area contributed by atoms with E-state index < -0.39 is 5.60 Å². The Morgan fingerprint density at radius 1 is 1.29 bits per heavy atom. The van der Waals surface area contributed by atoms with Crippen molar-refractivity contribution in [2.24, 2.45) is 0 Å². The van der Waals surface area contributed by atoms with E-state index in [0.717, 1.165) is 6.07 Å². The fourth-order valence-electron chi connectivity index (χ4n) is 2.24. The van der Waals surface area contributed by atoms with Gasteiger partial charge < -0.3 is 14.9 Å². The van der Waals surface area contributed by atoms with Gasteiger partial charge in [-0.25, -0.2) is 0 Å². The molecule has 0 bridgehead atoms. The first-order chi connectivity index (χ1) is 8.01. The first-order valence-corrected chi connectivity index (χ1v) is 5.79. The highest BCUT2D eigenvalue weighted by molar-refractivity contribution is 6.03. The third-order valence-electron chi connectivity index (χ3n) is 3.44. The van der Waals surface area contributed by atoms with Gasteiger partial charge in [0, 0.05) is 12.1 Å². The zero-order valence-corrected chi connectivity index (χ0v) is 9.99. The Morgan fingerprint density at radius 2 is 1.94 bits per heavy atom. The fraction of sp³-hybridized carbons (Fsp3) is 0.462. The lowest BCUT2D eigenvalue weighted by molar-refractivity contribution is 0.0343. The van der Waals surface area contributed by atoms with Gasteiger partial charge >= 0.3 is 0 Å². The van der Waals surface area contributed by atoms with Crippen molar-refractivity contribution in [3.05, 3.63) is 17.7 Å². The monoisotopic (exact) mass is 236 g/mol. The molecular weight excluding hydrogens is 220 g/mol. The quantitative estimate of drug-likeness (QED) is 0.828. The molecule has 1 heterocycles. The lowest BCUT2D eigenvalue weighted by atomic mass is 9.85. The van der Waals surface area contributed by atoms with Gasteiger partial charge in [0.15, 0.2) is 5.78 Å². The van der Waals surface area contributed by atoms with Gasteiger partial charge in [-0.15, -0.1) is 0 Å². The summed E-state index contributed by atoms with van der Waals surface area (Å²) >= 11 is 0.